The third-order valence-electron chi connectivity index (χ3n) is 2.21. The zero-order chi connectivity index (χ0) is 10.1. The first-order chi connectivity index (χ1) is 6.66. The van der Waals surface area contributed by atoms with Gasteiger partial charge in [0.15, 0.2) is 5.78 Å². The lowest BCUT2D eigenvalue weighted by Gasteiger charge is -2.01. The minimum atomic E-state index is -1.37. The molecule has 1 aliphatic rings. The Hall–Kier alpha value is -1.84. The van der Waals surface area contributed by atoms with Crippen LogP contribution in [0.2, 0.25) is 0 Å². The van der Waals surface area contributed by atoms with Crippen LogP contribution in [0.5, 0.6) is 5.75 Å². The van der Waals surface area contributed by atoms with E-state index in [1.165, 1.54) is 6.07 Å². The molecule has 0 heterocycles. The van der Waals surface area contributed by atoms with Crippen LogP contribution in [0.1, 0.15) is 22.3 Å². The summed E-state index contributed by atoms with van der Waals surface area (Å²) >= 11 is 0. The van der Waals surface area contributed by atoms with E-state index >= 15 is 0 Å². The van der Waals surface area contributed by atoms with Crippen LogP contribution in [0.15, 0.2) is 18.2 Å². The van der Waals surface area contributed by atoms with Crippen molar-refractivity contribution in [3.63, 3.8) is 0 Å². The van der Waals surface area contributed by atoms with E-state index < -0.39 is 6.16 Å². The zero-order valence-corrected chi connectivity index (χ0v) is 7.32. The first-order valence-electron chi connectivity index (χ1n) is 4.24. The topological polar surface area (TPSA) is 63.6 Å². The lowest BCUT2D eigenvalue weighted by molar-refractivity contribution is 0.0993. The summed E-state index contributed by atoms with van der Waals surface area (Å²) in [7, 11) is 0. The summed E-state index contributed by atoms with van der Waals surface area (Å²) in [6, 6.07) is 4.78. The molecule has 14 heavy (non-hydrogen) atoms. The van der Waals surface area contributed by atoms with Gasteiger partial charge in [-0.3, -0.25) is 4.79 Å². The van der Waals surface area contributed by atoms with E-state index in [9.17, 15) is 9.59 Å². The highest BCUT2D eigenvalue weighted by molar-refractivity contribution is 6.00. The van der Waals surface area contributed by atoms with E-state index in [2.05, 4.69) is 4.74 Å². The van der Waals surface area contributed by atoms with E-state index in [1.807, 2.05) is 0 Å². The highest BCUT2D eigenvalue weighted by atomic mass is 16.7. The molecule has 2 rings (SSSR count). The van der Waals surface area contributed by atoms with Crippen LogP contribution in [0, 0.1) is 0 Å². The molecule has 1 aromatic carbocycles. The molecular weight excluding hydrogens is 184 g/mol. The van der Waals surface area contributed by atoms with Gasteiger partial charge in [-0.25, -0.2) is 4.79 Å². The SMILES string of the molecule is O=C(O)Oc1ccc2c(c1)C(=O)CC2. The number of ketones is 1. The Bertz CT molecular complexity index is 409. The molecule has 0 fully saturated rings. The van der Waals surface area contributed by atoms with Gasteiger partial charge in [-0.2, -0.15) is 0 Å². The molecule has 0 saturated heterocycles. The summed E-state index contributed by atoms with van der Waals surface area (Å²) in [4.78, 5) is 21.5. The minimum Gasteiger partial charge on any atom is -0.449 e. The van der Waals surface area contributed by atoms with Crippen molar-refractivity contribution in [2.45, 2.75) is 12.8 Å². The van der Waals surface area contributed by atoms with Crippen molar-refractivity contribution in [3.05, 3.63) is 29.3 Å². The second kappa shape index (κ2) is 3.14. The monoisotopic (exact) mass is 192 g/mol. The van der Waals surface area contributed by atoms with Gasteiger partial charge >= 0.3 is 6.16 Å². The Morgan fingerprint density at radius 1 is 1.36 bits per heavy atom. The number of fused-ring (bicyclic) bond motifs is 1. The molecule has 1 aliphatic carbocycles. The number of ether oxygens (including phenoxy) is 1. The highest BCUT2D eigenvalue weighted by Gasteiger charge is 2.20. The summed E-state index contributed by atoms with van der Waals surface area (Å²) in [5.41, 5.74) is 1.55. The molecule has 1 aromatic rings. The Labute approximate surface area is 80.1 Å². The van der Waals surface area contributed by atoms with Gasteiger partial charge in [-0.15, -0.1) is 0 Å². The average Bonchev–Trinajstić information content (AvgIpc) is 2.47. The number of carbonyl (C=O) groups is 2. The largest absolute Gasteiger partial charge is 0.511 e. The zero-order valence-electron chi connectivity index (χ0n) is 7.32. The smallest absolute Gasteiger partial charge is 0.449 e. The molecule has 0 amide bonds. The normalized spacial score (nSPS) is 13.9. The van der Waals surface area contributed by atoms with Crippen LogP contribution in [0.3, 0.4) is 0 Å². The first kappa shape index (κ1) is 8.74. The first-order valence-corrected chi connectivity index (χ1v) is 4.24. The van der Waals surface area contributed by atoms with Crippen molar-refractivity contribution in [1.82, 2.24) is 0 Å². The number of hydrogen-bond donors (Lipinski definition) is 1. The van der Waals surface area contributed by atoms with E-state index in [0.717, 1.165) is 12.0 Å². The van der Waals surface area contributed by atoms with E-state index in [0.29, 0.717) is 12.0 Å². The third-order valence-corrected chi connectivity index (χ3v) is 2.21. The van der Waals surface area contributed by atoms with Crippen molar-refractivity contribution in [2.24, 2.45) is 0 Å². The minimum absolute atomic E-state index is 0.0517. The molecule has 0 aliphatic heterocycles. The van der Waals surface area contributed by atoms with Crippen molar-refractivity contribution in [2.75, 3.05) is 0 Å². The maximum absolute atomic E-state index is 11.3. The number of rotatable bonds is 1. The quantitative estimate of drug-likeness (QED) is 0.545. The van der Waals surface area contributed by atoms with Crippen LogP contribution >= 0.6 is 0 Å². The standard InChI is InChI=1S/C10H8O4/c11-9-4-2-6-1-3-7(5-8(6)9)14-10(12)13/h1,3,5H,2,4H2,(H,12,13). The predicted molar refractivity (Wildman–Crippen MR) is 47.7 cm³/mol. The Morgan fingerprint density at radius 3 is 2.86 bits per heavy atom. The molecule has 4 nitrogen and oxygen atoms in total. The Kier molecular flexibility index (Phi) is 1.96. The number of benzene rings is 1. The van der Waals surface area contributed by atoms with Gasteiger partial charge in [0.2, 0.25) is 0 Å². The molecule has 0 aromatic heterocycles. The molecule has 0 bridgehead atoms. The Balaban J connectivity index is 2.35. The third kappa shape index (κ3) is 1.46. The van der Waals surface area contributed by atoms with Gasteiger partial charge in [0.25, 0.3) is 0 Å². The maximum atomic E-state index is 11.3. The lowest BCUT2D eigenvalue weighted by atomic mass is 10.1. The lowest BCUT2D eigenvalue weighted by Crippen LogP contribution is -2.03. The average molecular weight is 192 g/mol. The van der Waals surface area contributed by atoms with Crippen molar-refractivity contribution in [1.29, 1.82) is 0 Å². The number of carbonyl (C=O) groups excluding carboxylic acids is 1. The molecule has 0 unspecified atom stereocenters. The fourth-order valence-electron chi connectivity index (χ4n) is 1.58. The summed E-state index contributed by atoms with van der Waals surface area (Å²) in [6.07, 6.45) is -0.122. The summed E-state index contributed by atoms with van der Waals surface area (Å²) in [5.74, 6) is 0.252. The molecule has 1 N–H and O–H groups in total. The van der Waals surface area contributed by atoms with E-state index in [1.54, 1.807) is 12.1 Å². The van der Waals surface area contributed by atoms with Crippen LogP contribution in [-0.2, 0) is 6.42 Å². The molecular formula is C10H8O4. The second-order valence-corrected chi connectivity index (χ2v) is 3.11. The molecule has 0 radical (unpaired) electrons. The molecule has 4 heteroatoms. The second-order valence-electron chi connectivity index (χ2n) is 3.11. The van der Waals surface area contributed by atoms with Gasteiger partial charge in [-0.05, 0) is 24.1 Å². The van der Waals surface area contributed by atoms with E-state index in [-0.39, 0.29) is 11.5 Å². The fourth-order valence-corrected chi connectivity index (χ4v) is 1.58. The van der Waals surface area contributed by atoms with Gasteiger partial charge in [-0.1, -0.05) is 6.07 Å². The molecule has 72 valence electrons. The highest BCUT2D eigenvalue weighted by Crippen LogP contribution is 2.26. The van der Waals surface area contributed by atoms with Crippen molar-refractivity contribution in [3.8, 4) is 5.75 Å². The Morgan fingerprint density at radius 2 is 2.14 bits per heavy atom. The van der Waals surface area contributed by atoms with E-state index in [4.69, 9.17) is 5.11 Å². The van der Waals surface area contributed by atoms with Crippen molar-refractivity contribution >= 4 is 11.9 Å². The summed E-state index contributed by atoms with van der Waals surface area (Å²) in [6.45, 7) is 0. The van der Waals surface area contributed by atoms with Crippen LogP contribution in [0.25, 0.3) is 0 Å². The molecule has 0 spiro atoms. The van der Waals surface area contributed by atoms with Gasteiger partial charge in [0.05, 0.1) is 0 Å². The van der Waals surface area contributed by atoms with Crippen molar-refractivity contribution < 1.29 is 19.4 Å². The van der Waals surface area contributed by atoms with Gasteiger partial charge < -0.3 is 9.84 Å². The van der Waals surface area contributed by atoms with Gasteiger partial charge in [0.1, 0.15) is 5.75 Å². The fraction of sp³-hybridized carbons (Fsp3) is 0.200. The number of aryl methyl sites for hydroxylation is 1. The van der Waals surface area contributed by atoms with Crippen LogP contribution < -0.4 is 4.74 Å². The predicted octanol–water partition coefficient (Wildman–Crippen LogP) is 1.87. The van der Waals surface area contributed by atoms with Crippen LogP contribution in [-0.4, -0.2) is 17.0 Å². The maximum Gasteiger partial charge on any atom is 0.511 e. The summed E-state index contributed by atoms with van der Waals surface area (Å²) < 4.78 is 4.45. The molecule has 0 atom stereocenters. The molecule has 0 saturated carbocycles. The van der Waals surface area contributed by atoms with Gasteiger partial charge in [0, 0.05) is 12.0 Å². The number of hydrogen-bond acceptors (Lipinski definition) is 3. The number of Topliss-reactive ketones (excluding diaryl/α,β-unsaturated/α-hetero) is 1. The number of carboxylic acid groups (broad SMARTS) is 1. The summed E-state index contributed by atoms with van der Waals surface area (Å²) in [5, 5.41) is 8.37. The van der Waals surface area contributed by atoms with Crippen LogP contribution in [0.4, 0.5) is 4.79 Å².